The number of hydrogen-bond donors (Lipinski definition) is 0. The van der Waals surface area contributed by atoms with Gasteiger partial charge in [-0.1, -0.05) is 59.3 Å². The Hall–Kier alpha value is -4.18. The number of hydrogen-bond acceptors (Lipinski definition) is 8. The molecule has 1 atom stereocenters. The molecule has 0 radical (unpaired) electrons. The minimum Gasteiger partial charge on any atom is -0.458 e. The second-order valence-electron chi connectivity index (χ2n) is 8.96. The first-order valence-electron chi connectivity index (χ1n) is 12.3. The Morgan fingerprint density at radius 2 is 1.90 bits per heavy atom. The molecule has 0 saturated carbocycles. The summed E-state index contributed by atoms with van der Waals surface area (Å²) in [5.74, 6) is 0.193. The van der Waals surface area contributed by atoms with Crippen molar-refractivity contribution in [1.82, 2.24) is 4.57 Å². The Balaban J connectivity index is 1.61. The molecule has 4 aromatic rings. The summed E-state index contributed by atoms with van der Waals surface area (Å²) in [6, 6.07) is 14.3. The predicted molar refractivity (Wildman–Crippen MR) is 157 cm³/mol. The van der Waals surface area contributed by atoms with E-state index < -0.39 is 18.0 Å². The molecule has 0 spiro atoms. The maximum Gasteiger partial charge on any atom is 0.338 e. The fraction of sp³-hybridized carbons (Fsp3) is 0.133. The number of carbonyl (C=O) groups is 2. The number of carbonyl (C=O) groups excluding carboxylic acids is 2. The van der Waals surface area contributed by atoms with Gasteiger partial charge in [-0.15, -0.1) is 0 Å². The minimum atomic E-state index is -0.836. The zero-order valence-electron chi connectivity index (χ0n) is 21.9. The molecule has 0 amide bonds. The van der Waals surface area contributed by atoms with Gasteiger partial charge in [0, 0.05) is 23.6 Å². The zero-order chi connectivity index (χ0) is 29.3. The first kappa shape index (κ1) is 28.4. The van der Waals surface area contributed by atoms with E-state index in [1.54, 1.807) is 67.6 Å². The van der Waals surface area contributed by atoms with Crippen molar-refractivity contribution >= 4 is 52.6 Å². The van der Waals surface area contributed by atoms with Crippen LogP contribution < -0.4 is 19.6 Å². The Kier molecular flexibility index (Phi) is 8.12. The van der Waals surface area contributed by atoms with E-state index in [9.17, 15) is 14.4 Å². The van der Waals surface area contributed by atoms with Crippen LogP contribution in [0, 0.1) is 0 Å². The Morgan fingerprint density at radius 3 is 2.59 bits per heavy atom. The standard InChI is InChI=1S/C30H22Cl2N2O6S/c1-4-13-38-29(37)26-16(2)33-30-34(27(26)18-5-8-20(9-6-18)39-17(3)35)28(36)25(41-30)15-21-10-12-24(40-21)22-11-7-19(31)14-23(22)32/h4-12,14-15,27H,1,13H2,2-3H3. The third-order valence-corrected chi connectivity index (χ3v) is 7.66. The van der Waals surface area contributed by atoms with Crippen LogP contribution in [0.4, 0.5) is 0 Å². The topological polar surface area (TPSA) is 100 Å². The Bertz CT molecular complexity index is 1900. The lowest BCUT2D eigenvalue weighted by Crippen LogP contribution is -2.39. The molecule has 0 N–H and O–H groups in total. The number of fused-ring (bicyclic) bond motifs is 1. The molecule has 1 aliphatic rings. The molecule has 0 saturated heterocycles. The van der Waals surface area contributed by atoms with Gasteiger partial charge in [0.15, 0.2) is 4.80 Å². The first-order valence-corrected chi connectivity index (χ1v) is 13.9. The molecule has 5 rings (SSSR count). The molecule has 1 unspecified atom stereocenters. The lowest BCUT2D eigenvalue weighted by molar-refractivity contribution is -0.138. The highest BCUT2D eigenvalue weighted by Gasteiger charge is 2.33. The highest BCUT2D eigenvalue weighted by atomic mass is 35.5. The van der Waals surface area contributed by atoms with Crippen LogP contribution in [0.3, 0.4) is 0 Å². The number of nitrogens with zero attached hydrogens (tertiary/aromatic N) is 2. The molecule has 2 aromatic heterocycles. The third kappa shape index (κ3) is 5.83. The van der Waals surface area contributed by atoms with E-state index >= 15 is 0 Å². The lowest BCUT2D eigenvalue weighted by Gasteiger charge is -2.24. The maximum atomic E-state index is 13.8. The smallest absolute Gasteiger partial charge is 0.338 e. The third-order valence-electron chi connectivity index (χ3n) is 6.13. The number of ether oxygens (including phenoxy) is 2. The van der Waals surface area contributed by atoms with Crippen LogP contribution in [0.5, 0.6) is 5.75 Å². The summed E-state index contributed by atoms with van der Waals surface area (Å²) in [5, 5.41) is 0.939. The van der Waals surface area contributed by atoms with Gasteiger partial charge in [-0.3, -0.25) is 14.2 Å². The maximum absolute atomic E-state index is 13.8. The number of thiazole rings is 1. The summed E-state index contributed by atoms with van der Waals surface area (Å²) in [7, 11) is 0. The Morgan fingerprint density at radius 1 is 1.15 bits per heavy atom. The highest BCUT2D eigenvalue weighted by molar-refractivity contribution is 7.07. The van der Waals surface area contributed by atoms with Crippen LogP contribution in [-0.4, -0.2) is 23.1 Å². The van der Waals surface area contributed by atoms with Gasteiger partial charge in [-0.25, -0.2) is 9.79 Å². The summed E-state index contributed by atoms with van der Waals surface area (Å²) >= 11 is 13.5. The SMILES string of the molecule is C=CCOC(=O)C1=C(C)N=c2sc(=Cc3ccc(-c4ccc(Cl)cc4Cl)o3)c(=O)n2C1c1ccc(OC(C)=O)cc1. The fourth-order valence-corrected chi connectivity index (χ4v) is 5.92. The van der Waals surface area contributed by atoms with Crippen molar-refractivity contribution < 1.29 is 23.5 Å². The highest BCUT2D eigenvalue weighted by Crippen LogP contribution is 2.33. The average Bonchev–Trinajstić information content (AvgIpc) is 3.50. The summed E-state index contributed by atoms with van der Waals surface area (Å²) in [4.78, 5) is 43.3. The first-order chi connectivity index (χ1) is 19.7. The quantitative estimate of drug-likeness (QED) is 0.157. The van der Waals surface area contributed by atoms with Gasteiger partial charge in [0.2, 0.25) is 0 Å². The van der Waals surface area contributed by atoms with Crippen LogP contribution in [0.2, 0.25) is 10.0 Å². The van der Waals surface area contributed by atoms with E-state index in [1.165, 1.54) is 28.9 Å². The van der Waals surface area contributed by atoms with E-state index in [4.69, 9.17) is 37.1 Å². The summed E-state index contributed by atoms with van der Waals surface area (Å²) in [6.07, 6.45) is 3.08. The summed E-state index contributed by atoms with van der Waals surface area (Å²) in [6.45, 7) is 6.58. The number of furan rings is 1. The van der Waals surface area contributed by atoms with Crippen LogP contribution in [0.25, 0.3) is 17.4 Å². The number of rotatable bonds is 7. The molecule has 0 fully saturated rings. The Labute approximate surface area is 248 Å². The molecule has 11 heteroatoms. The number of aromatic nitrogens is 1. The summed E-state index contributed by atoms with van der Waals surface area (Å²) < 4.78 is 18.3. The molecule has 1 aliphatic heterocycles. The molecular weight excluding hydrogens is 587 g/mol. The van der Waals surface area contributed by atoms with Crippen molar-refractivity contribution in [3.8, 4) is 17.1 Å². The van der Waals surface area contributed by atoms with Gasteiger partial charge in [0.1, 0.15) is 23.9 Å². The monoisotopic (exact) mass is 608 g/mol. The summed E-state index contributed by atoms with van der Waals surface area (Å²) in [5.41, 5.74) is 1.52. The van der Waals surface area contributed by atoms with Gasteiger partial charge in [0.05, 0.1) is 26.9 Å². The number of benzene rings is 2. The van der Waals surface area contributed by atoms with Gasteiger partial charge in [0.25, 0.3) is 5.56 Å². The van der Waals surface area contributed by atoms with Crippen LogP contribution >= 0.6 is 34.5 Å². The molecule has 208 valence electrons. The predicted octanol–water partition coefficient (Wildman–Crippen LogP) is 5.46. The van der Waals surface area contributed by atoms with Crippen molar-refractivity contribution in [2.24, 2.45) is 4.99 Å². The fourth-order valence-electron chi connectivity index (χ4n) is 4.39. The molecule has 41 heavy (non-hydrogen) atoms. The van der Waals surface area contributed by atoms with Crippen LogP contribution in [0.15, 0.2) is 92.7 Å². The molecular formula is C30H22Cl2N2O6S. The molecule has 2 aromatic carbocycles. The largest absolute Gasteiger partial charge is 0.458 e. The molecule has 0 bridgehead atoms. The van der Waals surface area contributed by atoms with E-state index in [0.29, 0.717) is 53.5 Å². The second-order valence-corrected chi connectivity index (χ2v) is 10.8. The van der Waals surface area contributed by atoms with Gasteiger partial charge in [-0.05, 0) is 55.0 Å². The van der Waals surface area contributed by atoms with Gasteiger partial charge in [-0.2, -0.15) is 0 Å². The van der Waals surface area contributed by atoms with Gasteiger partial charge < -0.3 is 13.9 Å². The molecule has 8 nitrogen and oxygen atoms in total. The number of halogens is 2. The van der Waals surface area contributed by atoms with Crippen molar-refractivity contribution in [3.63, 3.8) is 0 Å². The van der Waals surface area contributed by atoms with Crippen molar-refractivity contribution in [3.05, 3.63) is 120 Å². The zero-order valence-corrected chi connectivity index (χ0v) is 24.2. The second kappa shape index (κ2) is 11.7. The lowest BCUT2D eigenvalue weighted by atomic mass is 9.96. The average molecular weight is 609 g/mol. The van der Waals surface area contributed by atoms with Crippen LogP contribution in [-0.2, 0) is 14.3 Å². The van der Waals surface area contributed by atoms with Crippen molar-refractivity contribution in [1.29, 1.82) is 0 Å². The van der Waals surface area contributed by atoms with E-state index in [-0.39, 0.29) is 17.7 Å². The normalized spacial score (nSPS) is 14.8. The number of esters is 2. The molecule has 0 aliphatic carbocycles. The van der Waals surface area contributed by atoms with E-state index in [0.717, 1.165) is 0 Å². The number of allylic oxidation sites excluding steroid dienone is 1. The van der Waals surface area contributed by atoms with Crippen molar-refractivity contribution in [2.75, 3.05) is 6.61 Å². The van der Waals surface area contributed by atoms with E-state index in [2.05, 4.69) is 11.6 Å². The minimum absolute atomic E-state index is 0.00337. The van der Waals surface area contributed by atoms with E-state index in [1.807, 2.05) is 0 Å². The molecule has 3 heterocycles. The van der Waals surface area contributed by atoms with Crippen LogP contribution in [0.1, 0.15) is 31.2 Å². The van der Waals surface area contributed by atoms with Crippen molar-refractivity contribution in [2.45, 2.75) is 19.9 Å². The van der Waals surface area contributed by atoms with Gasteiger partial charge >= 0.3 is 11.9 Å².